The summed E-state index contributed by atoms with van der Waals surface area (Å²) in [5, 5.41) is 0. The number of rotatable bonds is 1. The third-order valence-electron chi connectivity index (χ3n) is 2.57. The largest absolute Gasteiger partial charge is 0.352 e. The Kier molecular flexibility index (Phi) is 2.92. The summed E-state index contributed by atoms with van der Waals surface area (Å²) in [7, 11) is 0. The van der Waals surface area contributed by atoms with E-state index in [9.17, 15) is 0 Å². The van der Waals surface area contributed by atoms with Gasteiger partial charge in [-0.15, -0.1) is 12.8 Å². The monoisotopic (exact) mass is 200 g/mol. The molecule has 0 spiro atoms. The standard InChI is InChI=1S/C13H12O2/c1-3-10-6-7-11(4-2)12(10)13-14-8-5-9-15-13/h1-2,6-7,12-13H,5,8-9H2. The molecule has 0 unspecified atom stereocenters. The third kappa shape index (κ3) is 1.83. The molecular formula is C13H12O2. The molecular weight excluding hydrogens is 188 g/mol. The molecule has 0 N–H and O–H groups in total. The Morgan fingerprint density at radius 2 is 1.60 bits per heavy atom. The molecule has 0 aromatic rings. The molecule has 2 aliphatic rings. The number of allylic oxidation sites excluding steroid dienone is 2. The minimum atomic E-state index is -0.314. The molecule has 1 fully saturated rings. The van der Waals surface area contributed by atoms with Crippen LogP contribution in [0.1, 0.15) is 6.42 Å². The average molecular weight is 200 g/mol. The van der Waals surface area contributed by atoms with Crippen molar-refractivity contribution in [1.82, 2.24) is 0 Å². The van der Waals surface area contributed by atoms with Gasteiger partial charge in [-0.2, -0.15) is 0 Å². The van der Waals surface area contributed by atoms with Gasteiger partial charge in [0.15, 0.2) is 6.29 Å². The van der Waals surface area contributed by atoms with Crippen LogP contribution < -0.4 is 0 Å². The van der Waals surface area contributed by atoms with Crippen LogP contribution in [-0.2, 0) is 9.47 Å². The zero-order chi connectivity index (χ0) is 10.7. The summed E-state index contributed by atoms with van der Waals surface area (Å²) >= 11 is 0. The zero-order valence-electron chi connectivity index (χ0n) is 8.40. The number of terminal acetylenes is 2. The van der Waals surface area contributed by atoms with Gasteiger partial charge in [-0.1, -0.05) is 11.8 Å². The summed E-state index contributed by atoms with van der Waals surface area (Å²) in [5.74, 6) is 5.18. The maximum Gasteiger partial charge on any atom is 0.169 e. The van der Waals surface area contributed by atoms with Crippen LogP contribution in [0.5, 0.6) is 0 Å². The van der Waals surface area contributed by atoms with Crippen molar-refractivity contribution in [3.8, 4) is 24.7 Å². The summed E-state index contributed by atoms with van der Waals surface area (Å²) in [4.78, 5) is 0. The van der Waals surface area contributed by atoms with Gasteiger partial charge >= 0.3 is 0 Å². The van der Waals surface area contributed by atoms with Crippen LogP contribution >= 0.6 is 0 Å². The molecule has 0 radical (unpaired) electrons. The number of hydrogen-bond donors (Lipinski definition) is 0. The highest BCUT2D eigenvalue weighted by molar-refractivity contribution is 5.50. The Morgan fingerprint density at radius 3 is 2.07 bits per heavy atom. The topological polar surface area (TPSA) is 18.5 Å². The van der Waals surface area contributed by atoms with Crippen molar-refractivity contribution in [2.24, 2.45) is 5.92 Å². The van der Waals surface area contributed by atoms with Gasteiger partial charge in [0.2, 0.25) is 0 Å². The Bertz CT molecular complexity index is 354. The van der Waals surface area contributed by atoms with Crippen molar-refractivity contribution in [3.05, 3.63) is 23.3 Å². The molecule has 0 aromatic carbocycles. The van der Waals surface area contributed by atoms with Gasteiger partial charge < -0.3 is 9.47 Å². The van der Waals surface area contributed by atoms with E-state index in [4.69, 9.17) is 22.3 Å². The maximum absolute atomic E-state index is 5.53. The molecule has 1 saturated heterocycles. The molecule has 1 heterocycles. The van der Waals surface area contributed by atoms with Crippen molar-refractivity contribution in [3.63, 3.8) is 0 Å². The fourth-order valence-corrected chi connectivity index (χ4v) is 1.82. The molecule has 2 rings (SSSR count). The molecule has 1 aliphatic carbocycles. The fraction of sp³-hybridized carbons (Fsp3) is 0.385. The summed E-state index contributed by atoms with van der Waals surface area (Å²) < 4.78 is 11.1. The highest BCUT2D eigenvalue weighted by Gasteiger charge is 2.32. The first kappa shape index (κ1) is 10.1. The second-order valence-electron chi connectivity index (χ2n) is 3.47. The van der Waals surface area contributed by atoms with Gasteiger partial charge in [-0.3, -0.25) is 0 Å². The van der Waals surface area contributed by atoms with Crippen molar-refractivity contribution >= 4 is 0 Å². The van der Waals surface area contributed by atoms with Crippen LogP contribution in [0.25, 0.3) is 0 Å². The molecule has 0 atom stereocenters. The van der Waals surface area contributed by atoms with Crippen molar-refractivity contribution < 1.29 is 9.47 Å². The van der Waals surface area contributed by atoms with Gasteiger partial charge in [0.1, 0.15) is 0 Å². The molecule has 2 heteroatoms. The Morgan fingerprint density at radius 1 is 1.07 bits per heavy atom. The van der Waals surface area contributed by atoms with E-state index in [2.05, 4.69) is 11.8 Å². The van der Waals surface area contributed by atoms with E-state index in [0.717, 1.165) is 17.6 Å². The zero-order valence-corrected chi connectivity index (χ0v) is 8.40. The van der Waals surface area contributed by atoms with Crippen molar-refractivity contribution in [1.29, 1.82) is 0 Å². The van der Waals surface area contributed by atoms with E-state index < -0.39 is 0 Å². The summed E-state index contributed by atoms with van der Waals surface area (Å²) in [6.07, 6.45) is 15.2. The van der Waals surface area contributed by atoms with E-state index in [1.165, 1.54) is 0 Å². The summed E-state index contributed by atoms with van der Waals surface area (Å²) in [5.41, 5.74) is 1.68. The summed E-state index contributed by atoms with van der Waals surface area (Å²) in [6.45, 7) is 1.41. The lowest BCUT2D eigenvalue weighted by molar-refractivity contribution is -0.191. The second-order valence-corrected chi connectivity index (χ2v) is 3.47. The first-order valence-electron chi connectivity index (χ1n) is 4.95. The molecule has 0 aromatic heterocycles. The van der Waals surface area contributed by atoms with Gasteiger partial charge in [-0.25, -0.2) is 0 Å². The van der Waals surface area contributed by atoms with Crippen molar-refractivity contribution in [2.45, 2.75) is 12.7 Å². The SMILES string of the molecule is C#CC1=CC=C(C#C)C1C1OCCCO1. The van der Waals surface area contributed by atoms with Crippen LogP contribution in [0.2, 0.25) is 0 Å². The van der Waals surface area contributed by atoms with Crippen LogP contribution in [0.3, 0.4) is 0 Å². The van der Waals surface area contributed by atoms with E-state index in [0.29, 0.717) is 13.2 Å². The van der Waals surface area contributed by atoms with E-state index in [-0.39, 0.29) is 12.2 Å². The lowest BCUT2D eigenvalue weighted by Crippen LogP contribution is -2.33. The van der Waals surface area contributed by atoms with Gasteiger partial charge in [-0.05, 0) is 18.6 Å². The first-order chi connectivity index (χ1) is 7.36. The normalized spacial score (nSPS) is 22.8. The molecule has 0 bridgehead atoms. The lowest BCUT2D eigenvalue weighted by Gasteiger charge is -2.29. The lowest BCUT2D eigenvalue weighted by atomic mass is 9.95. The first-order valence-corrected chi connectivity index (χ1v) is 4.95. The van der Waals surface area contributed by atoms with Crippen LogP contribution in [-0.4, -0.2) is 19.5 Å². The highest BCUT2D eigenvalue weighted by Crippen LogP contribution is 2.32. The van der Waals surface area contributed by atoms with E-state index in [1.807, 2.05) is 12.2 Å². The Hall–Kier alpha value is -1.48. The van der Waals surface area contributed by atoms with Crippen LogP contribution in [0, 0.1) is 30.6 Å². The molecule has 76 valence electrons. The smallest absolute Gasteiger partial charge is 0.169 e. The second kappa shape index (κ2) is 4.36. The molecule has 1 aliphatic heterocycles. The van der Waals surface area contributed by atoms with Gasteiger partial charge in [0.25, 0.3) is 0 Å². The number of ether oxygens (including phenoxy) is 2. The quantitative estimate of drug-likeness (QED) is 0.597. The average Bonchev–Trinajstić information content (AvgIpc) is 2.72. The minimum absolute atomic E-state index is 0.0831. The van der Waals surface area contributed by atoms with E-state index >= 15 is 0 Å². The Labute approximate surface area is 90.0 Å². The summed E-state index contributed by atoms with van der Waals surface area (Å²) in [6, 6.07) is 0. The van der Waals surface area contributed by atoms with E-state index in [1.54, 1.807) is 0 Å². The number of hydrogen-bond acceptors (Lipinski definition) is 2. The maximum atomic E-state index is 5.53. The van der Waals surface area contributed by atoms with Crippen molar-refractivity contribution in [2.75, 3.05) is 13.2 Å². The Balaban J connectivity index is 2.18. The predicted molar refractivity (Wildman–Crippen MR) is 57.6 cm³/mol. The van der Waals surface area contributed by atoms with Gasteiger partial charge in [0, 0.05) is 11.1 Å². The molecule has 0 saturated carbocycles. The minimum Gasteiger partial charge on any atom is -0.352 e. The molecule has 0 amide bonds. The fourth-order valence-electron chi connectivity index (χ4n) is 1.82. The van der Waals surface area contributed by atoms with Crippen LogP contribution in [0.15, 0.2) is 23.3 Å². The van der Waals surface area contributed by atoms with Gasteiger partial charge in [0.05, 0.1) is 19.1 Å². The molecule has 15 heavy (non-hydrogen) atoms. The predicted octanol–water partition coefficient (Wildman–Crippen LogP) is 1.50. The molecule has 2 nitrogen and oxygen atoms in total. The third-order valence-corrected chi connectivity index (χ3v) is 2.57. The highest BCUT2D eigenvalue weighted by atomic mass is 16.7. The van der Waals surface area contributed by atoms with Crippen LogP contribution in [0.4, 0.5) is 0 Å².